The minimum Gasteiger partial charge on any atom is -0.504 e. The highest BCUT2D eigenvalue weighted by Gasteiger charge is 2.29. The summed E-state index contributed by atoms with van der Waals surface area (Å²) in [6.07, 6.45) is 1.10. The summed E-state index contributed by atoms with van der Waals surface area (Å²) in [6.45, 7) is 0. The summed E-state index contributed by atoms with van der Waals surface area (Å²) in [7, 11) is 4.58. The number of halogens is 1. The van der Waals surface area contributed by atoms with Crippen LogP contribution < -0.4 is 25.0 Å². The molecule has 154 valence electrons. The van der Waals surface area contributed by atoms with Crippen molar-refractivity contribution in [2.24, 2.45) is 0 Å². The van der Waals surface area contributed by atoms with E-state index in [0.29, 0.717) is 41.2 Å². The van der Waals surface area contributed by atoms with Crippen LogP contribution in [0.4, 0.5) is 0 Å². The lowest BCUT2D eigenvalue weighted by molar-refractivity contribution is -0.119. The molecule has 2 N–H and O–H groups in total. The third kappa shape index (κ3) is 3.82. The van der Waals surface area contributed by atoms with Gasteiger partial charge in [0.15, 0.2) is 17.2 Å². The fourth-order valence-electron chi connectivity index (χ4n) is 3.69. The first-order chi connectivity index (χ1) is 13.9. The lowest BCUT2D eigenvalue weighted by Gasteiger charge is -2.19. The number of carbonyl (C=O) groups is 1. The summed E-state index contributed by atoms with van der Waals surface area (Å²) in [6, 6.07) is 5.72. The van der Waals surface area contributed by atoms with E-state index < -0.39 is 11.5 Å². The molecular weight excluding hydrogens is 398 g/mol. The summed E-state index contributed by atoms with van der Waals surface area (Å²) in [5.41, 5.74) is 2.30. The molecule has 7 nitrogen and oxygen atoms in total. The fraction of sp³-hybridized carbons (Fsp3) is 0.333. The van der Waals surface area contributed by atoms with Crippen LogP contribution in [-0.2, 0) is 11.2 Å². The largest absolute Gasteiger partial charge is 0.504 e. The first-order valence-electron chi connectivity index (χ1n) is 8.99. The Morgan fingerprint density at radius 2 is 1.90 bits per heavy atom. The SMILES string of the molecule is COc1cc2c(c(OC)c1OC)-c1ccc(O)c(=O)cc1C(NC(=O)CCl)CC2. The number of ether oxygens (including phenoxy) is 3. The Balaban J connectivity index is 2.37. The van der Waals surface area contributed by atoms with Crippen LogP contribution in [0.3, 0.4) is 0 Å². The molecule has 0 saturated carbocycles. The zero-order valence-electron chi connectivity index (χ0n) is 16.4. The monoisotopic (exact) mass is 419 g/mol. The zero-order valence-corrected chi connectivity index (χ0v) is 17.1. The van der Waals surface area contributed by atoms with Crippen LogP contribution in [-0.4, -0.2) is 38.2 Å². The van der Waals surface area contributed by atoms with Crippen molar-refractivity contribution in [2.45, 2.75) is 18.9 Å². The van der Waals surface area contributed by atoms with E-state index in [-0.39, 0.29) is 17.5 Å². The van der Waals surface area contributed by atoms with E-state index in [4.69, 9.17) is 25.8 Å². The van der Waals surface area contributed by atoms with E-state index in [0.717, 1.165) is 11.1 Å². The van der Waals surface area contributed by atoms with Crippen LogP contribution >= 0.6 is 11.6 Å². The van der Waals surface area contributed by atoms with Crippen LogP contribution in [0.2, 0.25) is 0 Å². The highest BCUT2D eigenvalue weighted by Crippen LogP contribution is 2.50. The molecule has 0 heterocycles. The van der Waals surface area contributed by atoms with Crippen LogP contribution in [0, 0.1) is 0 Å². The number of benzene rings is 1. The molecule has 0 radical (unpaired) electrons. The van der Waals surface area contributed by atoms with Gasteiger partial charge in [0.2, 0.25) is 17.1 Å². The molecule has 8 heteroatoms. The van der Waals surface area contributed by atoms with Crippen LogP contribution in [0.15, 0.2) is 29.1 Å². The lowest BCUT2D eigenvalue weighted by Crippen LogP contribution is -2.29. The number of alkyl halides is 1. The molecule has 0 saturated heterocycles. The second-order valence-electron chi connectivity index (χ2n) is 6.57. The third-order valence-corrected chi connectivity index (χ3v) is 5.22. The average Bonchev–Trinajstić information content (AvgIpc) is 2.96. The van der Waals surface area contributed by atoms with E-state index in [1.807, 2.05) is 6.07 Å². The van der Waals surface area contributed by atoms with E-state index in [1.54, 1.807) is 13.2 Å². The highest BCUT2D eigenvalue weighted by atomic mass is 35.5. The van der Waals surface area contributed by atoms with Crippen LogP contribution in [0.1, 0.15) is 23.6 Å². The standard InChI is InChI=1S/C21H22ClNO6/c1-27-17-8-11-4-6-14(23-18(26)10-22)13-9-16(25)15(24)7-5-12(13)19(11)21(29-3)20(17)28-2/h5,7-9,14H,4,6,10H2,1-3H3,(H,23,26)(H,24,25). The minimum absolute atomic E-state index is 0.196. The first kappa shape index (κ1) is 20.8. The van der Waals surface area contributed by atoms with Crippen molar-refractivity contribution in [1.29, 1.82) is 0 Å². The molecule has 3 rings (SSSR count). The first-order valence-corrected chi connectivity index (χ1v) is 9.53. The van der Waals surface area contributed by atoms with E-state index in [9.17, 15) is 14.7 Å². The summed E-state index contributed by atoms with van der Waals surface area (Å²) in [5, 5.41) is 12.8. The second kappa shape index (κ2) is 8.61. The fourth-order valence-corrected chi connectivity index (χ4v) is 3.76. The van der Waals surface area contributed by atoms with Gasteiger partial charge in [-0.15, -0.1) is 11.6 Å². The number of aryl methyl sites for hydroxylation is 1. The molecular formula is C21H22ClNO6. The molecule has 29 heavy (non-hydrogen) atoms. The van der Waals surface area contributed by atoms with Gasteiger partial charge in [0.25, 0.3) is 0 Å². The van der Waals surface area contributed by atoms with Gasteiger partial charge in [-0.1, -0.05) is 6.07 Å². The second-order valence-corrected chi connectivity index (χ2v) is 6.84. The molecule has 0 aliphatic heterocycles. The molecule has 2 aromatic carbocycles. The van der Waals surface area contributed by atoms with E-state index >= 15 is 0 Å². The number of methoxy groups -OCH3 is 3. The van der Waals surface area contributed by atoms with Crippen LogP contribution in [0.25, 0.3) is 11.1 Å². The molecule has 1 unspecified atom stereocenters. The summed E-state index contributed by atoms with van der Waals surface area (Å²) in [5.74, 6) is 0.450. The van der Waals surface area contributed by atoms with Crippen LogP contribution in [0.5, 0.6) is 23.0 Å². The Morgan fingerprint density at radius 1 is 1.17 bits per heavy atom. The predicted octanol–water partition coefficient (Wildman–Crippen LogP) is 2.79. The van der Waals surface area contributed by atoms with Gasteiger partial charge in [0.1, 0.15) is 5.88 Å². The van der Waals surface area contributed by atoms with Gasteiger partial charge in [0, 0.05) is 5.56 Å². The van der Waals surface area contributed by atoms with Gasteiger partial charge in [0.05, 0.1) is 27.4 Å². The molecule has 0 spiro atoms. The smallest absolute Gasteiger partial charge is 0.235 e. The zero-order chi connectivity index (χ0) is 21.1. The maximum atomic E-state index is 12.3. The average molecular weight is 420 g/mol. The molecule has 0 aromatic heterocycles. The summed E-state index contributed by atoms with van der Waals surface area (Å²) in [4.78, 5) is 24.3. The quantitative estimate of drug-likeness (QED) is 0.724. The van der Waals surface area contributed by atoms with Gasteiger partial charge < -0.3 is 24.6 Å². The maximum absolute atomic E-state index is 12.3. The maximum Gasteiger partial charge on any atom is 0.235 e. The third-order valence-electron chi connectivity index (χ3n) is 4.97. The number of aromatic hydroxyl groups is 1. The molecule has 2 aromatic rings. The topological polar surface area (TPSA) is 94.1 Å². The number of hydrogen-bond donors (Lipinski definition) is 2. The molecule has 1 aliphatic rings. The van der Waals surface area contributed by atoms with Crippen molar-refractivity contribution in [3.63, 3.8) is 0 Å². The predicted molar refractivity (Wildman–Crippen MR) is 109 cm³/mol. The number of amides is 1. The van der Waals surface area contributed by atoms with Crippen molar-refractivity contribution in [1.82, 2.24) is 5.32 Å². The van der Waals surface area contributed by atoms with Crippen molar-refractivity contribution < 1.29 is 24.1 Å². The van der Waals surface area contributed by atoms with Crippen molar-refractivity contribution in [3.05, 3.63) is 45.6 Å². The Bertz CT molecular complexity index is 1010. The summed E-state index contributed by atoms with van der Waals surface area (Å²) >= 11 is 5.67. The highest BCUT2D eigenvalue weighted by molar-refractivity contribution is 6.27. The molecule has 1 aliphatic carbocycles. The summed E-state index contributed by atoms with van der Waals surface area (Å²) < 4.78 is 16.6. The lowest BCUT2D eigenvalue weighted by atomic mass is 9.95. The molecule has 0 fully saturated rings. The number of carbonyl (C=O) groups excluding carboxylic acids is 1. The van der Waals surface area contributed by atoms with E-state index in [1.165, 1.54) is 26.4 Å². The van der Waals surface area contributed by atoms with Gasteiger partial charge in [-0.2, -0.15) is 0 Å². The van der Waals surface area contributed by atoms with Gasteiger partial charge in [-0.3, -0.25) is 9.59 Å². The number of nitrogens with one attached hydrogen (secondary N) is 1. The molecule has 0 bridgehead atoms. The Kier molecular flexibility index (Phi) is 6.17. The Hall–Kier alpha value is -2.93. The molecule has 1 amide bonds. The normalized spacial score (nSPS) is 14.8. The Labute approximate surface area is 173 Å². The molecule has 1 atom stereocenters. The Morgan fingerprint density at radius 3 is 2.52 bits per heavy atom. The van der Waals surface area contributed by atoms with Crippen molar-refractivity contribution in [3.8, 4) is 34.1 Å². The van der Waals surface area contributed by atoms with Gasteiger partial charge in [-0.05, 0) is 47.7 Å². The van der Waals surface area contributed by atoms with Gasteiger partial charge in [-0.25, -0.2) is 0 Å². The number of hydrogen-bond acceptors (Lipinski definition) is 6. The number of rotatable bonds is 5. The van der Waals surface area contributed by atoms with Crippen molar-refractivity contribution >= 4 is 17.5 Å². The van der Waals surface area contributed by atoms with Gasteiger partial charge >= 0.3 is 0 Å². The van der Waals surface area contributed by atoms with E-state index in [2.05, 4.69) is 5.32 Å². The minimum atomic E-state index is -0.542. The van der Waals surface area contributed by atoms with Crippen molar-refractivity contribution in [2.75, 3.05) is 27.2 Å². The number of fused-ring (bicyclic) bond motifs is 3.